The topological polar surface area (TPSA) is 38.0 Å². The minimum absolute atomic E-state index is 0.0985. The van der Waals surface area contributed by atoms with Gasteiger partial charge in [-0.3, -0.25) is 0 Å². The molecular formula is C17H18F2N2. The van der Waals surface area contributed by atoms with Crippen LogP contribution in [-0.2, 0) is 6.42 Å². The van der Waals surface area contributed by atoms with Gasteiger partial charge < -0.3 is 11.1 Å². The van der Waals surface area contributed by atoms with Gasteiger partial charge in [0.05, 0.1) is 0 Å². The number of nitrogen functional groups attached to an aromatic ring is 1. The highest BCUT2D eigenvalue weighted by molar-refractivity contribution is 5.47. The fourth-order valence-electron chi connectivity index (χ4n) is 3.12. The van der Waals surface area contributed by atoms with E-state index in [1.165, 1.54) is 29.3 Å². The van der Waals surface area contributed by atoms with E-state index in [0.717, 1.165) is 18.5 Å². The average molecular weight is 288 g/mol. The Hall–Kier alpha value is -1.94. The quantitative estimate of drug-likeness (QED) is 0.841. The van der Waals surface area contributed by atoms with E-state index in [4.69, 9.17) is 5.73 Å². The zero-order chi connectivity index (χ0) is 15.0. The third-order valence-corrected chi connectivity index (χ3v) is 4.13. The molecule has 2 unspecified atom stereocenters. The fourth-order valence-corrected chi connectivity index (χ4v) is 3.12. The molecule has 2 nitrogen and oxygen atoms in total. The molecule has 0 bridgehead atoms. The van der Waals surface area contributed by atoms with E-state index in [0.29, 0.717) is 0 Å². The van der Waals surface area contributed by atoms with Crippen LogP contribution < -0.4 is 11.1 Å². The molecule has 0 radical (unpaired) electrons. The summed E-state index contributed by atoms with van der Waals surface area (Å²) in [5.74, 6) is -1.02. The van der Waals surface area contributed by atoms with Gasteiger partial charge in [0.1, 0.15) is 11.6 Å². The van der Waals surface area contributed by atoms with E-state index in [9.17, 15) is 8.78 Å². The van der Waals surface area contributed by atoms with Crippen molar-refractivity contribution in [1.82, 2.24) is 5.32 Å². The lowest BCUT2D eigenvalue weighted by Crippen LogP contribution is -2.24. The van der Waals surface area contributed by atoms with E-state index in [-0.39, 0.29) is 17.6 Å². The van der Waals surface area contributed by atoms with Crippen molar-refractivity contribution in [3.05, 3.63) is 64.7 Å². The lowest BCUT2D eigenvalue weighted by atomic mass is 10.0. The first kappa shape index (κ1) is 14.0. The van der Waals surface area contributed by atoms with Crippen LogP contribution in [0, 0.1) is 11.6 Å². The third kappa shape index (κ3) is 2.63. The molecule has 110 valence electrons. The zero-order valence-corrected chi connectivity index (χ0v) is 11.9. The molecule has 3 rings (SSSR count). The minimum Gasteiger partial charge on any atom is -0.399 e. The second-order valence-electron chi connectivity index (χ2n) is 5.57. The first-order chi connectivity index (χ1) is 10.1. The predicted molar refractivity (Wildman–Crippen MR) is 79.8 cm³/mol. The molecule has 0 saturated carbocycles. The molecular weight excluding hydrogens is 270 g/mol. The van der Waals surface area contributed by atoms with Crippen LogP contribution in [0.2, 0.25) is 0 Å². The maximum absolute atomic E-state index is 13.8. The van der Waals surface area contributed by atoms with Crippen LogP contribution in [0.1, 0.15) is 42.1 Å². The highest BCUT2D eigenvalue weighted by Crippen LogP contribution is 2.34. The van der Waals surface area contributed by atoms with Crippen LogP contribution in [0.25, 0.3) is 0 Å². The number of nitrogens with two attached hydrogens (primary N) is 1. The van der Waals surface area contributed by atoms with Gasteiger partial charge in [-0.15, -0.1) is 0 Å². The highest BCUT2D eigenvalue weighted by atomic mass is 19.1. The average Bonchev–Trinajstić information content (AvgIpc) is 2.80. The molecule has 0 heterocycles. The SMILES string of the molecule is CC(NC1CCc2cc(N)ccc21)c1c(F)cccc1F. The summed E-state index contributed by atoms with van der Waals surface area (Å²) in [7, 11) is 0. The number of anilines is 1. The molecule has 2 atom stereocenters. The summed E-state index contributed by atoms with van der Waals surface area (Å²) in [5, 5.41) is 3.33. The Kier molecular flexibility index (Phi) is 3.64. The Morgan fingerprint density at radius 1 is 1.19 bits per heavy atom. The Morgan fingerprint density at radius 3 is 2.62 bits per heavy atom. The summed E-state index contributed by atoms with van der Waals surface area (Å²) in [6.45, 7) is 1.79. The lowest BCUT2D eigenvalue weighted by molar-refractivity contribution is 0.431. The van der Waals surface area contributed by atoms with Crippen molar-refractivity contribution >= 4 is 5.69 Å². The smallest absolute Gasteiger partial charge is 0.130 e. The molecule has 2 aromatic rings. The standard InChI is InChI=1S/C17H18F2N2/c1-10(17-14(18)3-2-4-15(17)19)21-16-8-5-11-9-12(20)6-7-13(11)16/h2-4,6-7,9-10,16,21H,5,8,20H2,1H3. The van der Waals surface area contributed by atoms with Crippen LogP contribution in [0.3, 0.4) is 0 Å². The molecule has 0 saturated heterocycles. The minimum atomic E-state index is -0.509. The summed E-state index contributed by atoms with van der Waals surface area (Å²) in [6.07, 6.45) is 1.85. The van der Waals surface area contributed by atoms with Crippen molar-refractivity contribution in [1.29, 1.82) is 0 Å². The molecule has 21 heavy (non-hydrogen) atoms. The maximum Gasteiger partial charge on any atom is 0.130 e. The lowest BCUT2D eigenvalue weighted by Gasteiger charge is -2.21. The molecule has 1 aliphatic carbocycles. The molecule has 0 fully saturated rings. The summed E-state index contributed by atoms with van der Waals surface area (Å²) in [6, 6.07) is 9.53. The van der Waals surface area contributed by atoms with Crippen LogP contribution in [0.15, 0.2) is 36.4 Å². The van der Waals surface area contributed by atoms with Gasteiger partial charge in [0, 0.05) is 23.3 Å². The number of hydrogen-bond donors (Lipinski definition) is 2. The molecule has 0 amide bonds. The van der Waals surface area contributed by atoms with Crippen molar-refractivity contribution in [3.63, 3.8) is 0 Å². The third-order valence-electron chi connectivity index (χ3n) is 4.13. The number of fused-ring (bicyclic) bond motifs is 1. The number of hydrogen-bond acceptors (Lipinski definition) is 2. The summed E-state index contributed by atoms with van der Waals surface area (Å²) in [5.41, 5.74) is 9.03. The van der Waals surface area contributed by atoms with E-state index >= 15 is 0 Å². The van der Waals surface area contributed by atoms with Crippen molar-refractivity contribution in [2.24, 2.45) is 0 Å². The zero-order valence-electron chi connectivity index (χ0n) is 11.9. The number of rotatable bonds is 3. The van der Waals surface area contributed by atoms with Gasteiger partial charge in [-0.05, 0) is 55.2 Å². The molecule has 4 heteroatoms. The second-order valence-corrected chi connectivity index (χ2v) is 5.57. The number of nitrogens with one attached hydrogen (secondary N) is 1. The van der Waals surface area contributed by atoms with Gasteiger partial charge >= 0.3 is 0 Å². The molecule has 0 aromatic heterocycles. The summed E-state index contributed by atoms with van der Waals surface area (Å²) in [4.78, 5) is 0. The second kappa shape index (κ2) is 5.45. The number of benzene rings is 2. The Labute approximate surface area is 123 Å². The first-order valence-electron chi connectivity index (χ1n) is 7.14. The van der Waals surface area contributed by atoms with Gasteiger partial charge in [-0.1, -0.05) is 12.1 Å². The summed E-state index contributed by atoms with van der Waals surface area (Å²) >= 11 is 0. The van der Waals surface area contributed by atoms with Crippen LogP contribution in [-0.4, -0.2) is 0 Å². The van der Waals surface area contributed by atoms with Gasteiger partial charge in [-0.25, -0.2) is 8.78 Å². The predicted octanol–water partition coefficient (Wildman–Crippen LogP) is 3.89. The molecule has 1 aliphatic rings. The molecule has 0 spiro atoms. The Morgan fingerprint density at radius 2 is 1.90 bits per heavy atom. The van der Waals surface area contributed by atoms with Gasteiger partial charge in [0.25, 0.3) is 0 Å². The monoisotopic (exact) mass is 288 g/mol. The van der Waals surface area contributed by atoms with E-state index < -0.39 is 11.6 Å². The van der Waals surface area contributed by atoms with E-state index in [1.807, 2.05) is 18.2 Å². The van der Waals surface area contributed by atoms with E-state index in [1.54, 1.807) is 6.92 Å². The van der Waals surface area contributed by atoms with Crippen molar-refractivity contribution in [2.45, 2.75) is 31.8 Å². The molecule has 0 aliphatic heterocycles. The van der Waals surface area contributed by atoms with Crippen LogP contribution in [0.5, 0.6) is 0 Å². The summed E-state index contributed by atoms with van der Waals surface area (Å²) < 4.78 is 27.7. The fraction of sp³-hybridized carbons (Fsp3) is 0.294. The normalized spacial score (nSPS) is 18.5. The molecule has 3 N–H and O–H groups in total. The van der Waals surface area contributed by atoms with Crippen LogP contribution >= 0.6 is 0 Å². The van der Waals surface area contributed by atoms with Gasteiger partial charge in [0.2, 0.25) is 0 Å². The maximum atomic E-state index is 13.8. The van der Waals surface area contributed by atoms with Gasteiger partial charge in [-0.2, -0.15) is 0 Å². The van der Waals surface area contributed by atoms with Crippen molar-refractivity contribution < 1.29 is 8.78 Å². The van der Waals surface area contributed by atoms with Crippen LogP contribution in [0.4, 0.5) is 14.5 Å². The van der Waals surface area contributed by atoms with E-state index in [2.05, 4.69) is 5.32 Å². The largest absolute Gasteiger partial charge is 0.399 e. The van der Waals surface area contributed by atoms with Gasteiger partial charge in [0.15, 0.2) is 0 Å². The first-order valence-corrected chi connectivity index (χ1v) is 7.14. The highest BCUT2D eigenvalue weighted by Gasteiger charge is 2.25. The van der Waals surface area contributed by atoms with Crippen molar-refractivity contribution in [3.8, 4) is 0 Å². The molecule has 2 aromatic carbocycles. The Balaban J connectivity index is 1.83. The number of halogens is 2. The number of aryl methyl sites for hydroxylation is 1. The van der Waals surface area contributed by atoms with Crippen molar-refractivity contribution in [2.75, 3.05) is 5.73 Å². The Bertz CT molecular complexity index is 650.